The Morgan fingerprint density at radius 2 is 2.19 bits per heavy atom. The van der Waals surface area contributed by atoms with Gasteiger partial charge >= 0.3 is 0 Å². The van der Waals surface area contributed by atoms with Crippen molar-refractivity contribution in [3.63, 3.8) is 0 Å². The van der Waals surface area contributed by atoms with E-state index in [-0.39, 0.29) is 0 Å². The van der Waals surface area contributed by atoms with Crippen molar-refractivity contribution in [2.24, 2.45) is 0 Å². The number of nitrogens with one attached hydrogen (secondary N) is 1. The fraction of sp³-hybridized carbons (Fsp3) is 0.273. The molecule has 0 spiro atoms. The molecule has 1 aliphatic heterocycles. The zero-order valence-corrected chi connectivity index (χ0v) is 21.3. The molecule has 0 atom stereocenters. The van der Waals surface area contributed by atoms with Gasteiger partial charge in [-0.05, 0) is 78.0 Å². The van der Waals surface area contributed by atoms with E-state index in [1.807, 2.05) is 31.2 Å². The molecular weight excluding hydrogens is 557 g/mol. The van der Waals surface area contributed by atoms with Gasteiger partial charge in [0.2, 0.25) is 0 Å². The minimum atomic E-state index is 0.374. The van der Waals surface area contributed by atoms with Crippen LogP contribution in [0.15, 0.2) is 47.5 Å². The Balaban J connectivity index is 1.71. The maximum absolute atomic E-state index is 6.32. The first-order valence-corrected chi connectivity index (χ1v) is 13.0. The van der Waals surface area contributed by atoms with Crippen molar-refractivity contribution in [3.8, 4) is 17.1 Å². The average molecular weight is 580 g/mol. The molecule has 3 aromatic rings. The second-order valence-electron chi connectivity index (χ2n) is 7.24. The summed E-state index contributed by atoms with van der Waals surface area (Å²) in [5.74, 6) is 0.899. The first-order valence-electron chi connectivity index (χ1n) is 10.2. The Kier molecular flexibility index (Phi) is 7.82. The molecule has 0 aliphatic carbocycles. The summed E-state index contributed by atoms with van der Waals surface area (Å²) in [7, 11) is 0. The molecule has 0 unspecified atom stereocenters. The lowest BCUT2D eigenvalue weighted by Crippen LogP contribution is -2.13. The molecule has 0 bridgehead atoms. The fourth-order valence-corrected chi connectivity index (χ4v) is 5.17. The maximum atomic E-state index is 6.32. The molecule has 0 fully saturated rings. The molecule has 166 valence electrons. The van der Waals surface area contributed by atoms with Gasteiger partial charge in [-0.15, -0.1) is 5.10 Å². The number of hydrogen-bond acceptors (Lipinski definition) is 7. The summed E-state index contributed by atoms with van der Waals surface area (Å²) < 4.78 is 2.48. The quantitative estimate of drug-likeness (QED) is 0.304. The number of halogens is 2. The number of anilines is 1. The summed E-state index contributed by atoms with van der Waals surface area (Å²) in [6.45, 7) is 4.05. The van der Waals surface area contributed by atoms with E-state index in [0.29, 0.717) is 22.2 Å². The molecule has 4 rings (SSSR count). The largest absolute Gasteiger partial charge is 0.383 e. The van der Waals surface area contributed by atoms with Crippen LogP contribution >= 0.6 is 46.0 Å². The van der Waals surface area contributed by atoms with Crippen molar-refractivity contribution in [2.45, 2.75) is 24.2 Å². The number of nitrogens with zero attached hydrogens (tertiary/aromatic N) is 5. The predicted molar refractivity (Wildman–Crippen MR) is 141 cm³/mol. The van der Waals surface area contributed by atoms with E-state index < -0.39 is 0 Å². The minimum Gasteiger partial charge on any atom is -0.383 e. The highest BCUT2D eigenvalue weighted by molar-refractivity contribution is 14.1. The van der Waals surface area contributed by atoms with Gasteiger partial charge in [0.1, 0.15) is 5.82 Å². The van der Waals surface area contributed by atoms with Crippen molar-refractivity contribution in [3.05, 3.63) is 63.7 Å². The number of tetrazole rings is 1. The second kappa shape index (κ2) is 10.8. The number of rotatable bonds is 6. The average Bonchev–Trinajstić information content (AvgIpc) is 3.14. The van der Waals surface area contributed by atoms with E-state index in [0.717, 1.165) is 52.1 Å². The standard InChI is InChI=1S/C22H23ClIN7S/c1-2-20(32-18-4-3-6-26-7-5-18)15-10-19(21(25)27-13-15)22-28-29-30-31(22)17-9-14(12-24)8-16(23)11-17/h2,4,8-11,13,26H,3,5-7,12H2,1H3,(H2,25,27)/b20-2-. The predicted octanol–water partition coefficient (Wildman–Crippen LogP) is 5.26. The molecule has 3 N–H and O–H groups in total. The number of allylic oxidation sites excluding steroid dienone is 1. The van der Waals surface area contributed by atoms with Crippen LogP contribution in [0.5, 0.6) is 0 Å². The molecule has 0 saturated carbocycles. The van der Waals surface area contributed by atoms with E-state index in [1.165, 1.54) is 4.91 Å². The molecule has 0 amide bonds. The van der Waals surface area contributed by atoms with Gasteiger partial charge in [-0.25, -0.2) is 4.98 Å². The van der Waals surface area contributed by atoms with Crippen LogP contribution in [0.25, 0.3) is 22.0 Å². The molecule has 0 radical (unpaired) electrons. The molecule has 32 heavy (non-hydrogen) atoms. The number of nitrogens with two attached hydrogens (primary N) is 1. The topological polar surface area (TPSA) is 94.5 Å². The van der Waals surface area contributed by atoms with E-state index in [9.17, 15) is 0 Å². The van der Waals surface area contributed by atoms with Crippen molar-refractivity contribution < 1.29 is 0 Å². The second-order valence-corrected chi connectivity index (χ2v) is 9.60. The highest BCUT2D eigenvalue weighted by atomic mass is 127. The maximum Gasteiger partial charge on any atom is 0.190 e. The molecule has 1 aliphatic rings. The van der Waals surface area contributed by atoms with Crippen LogP contribution < -0.4 is 11.1 Å². The number of thioether (sulfide) groups is 1. The van der Waals surface area contributed by atoms with Gasteiger partial charge in [-0.1, -0.05) is 58.1 Å². The third-order valence-corrected chi connectivity index (χ3v) is 7.42. The Bertz CT molecular complexity index is 1170. The van der Waals surface area contributed by atoms with Gasteiger partial charge in [-0.2, -0.15) is 4.68 Å². The first-order chi connectivity index (χ1) is 15.6. The van der Waals surface area contributed by atoms with Crippen LogP contribution in [0.3, 0.4) is 0 Å². The fourth-order valence-electron chi connectivity index (χ4n) is 3.44. The lowest BCUT2D eigenvalue weighted by Gasteiger charge is -2.12. The summed E-state index contributed by atoms with van der Waals surface area (Å²) >= 11 is 10.4. The number of benzene rings is 1. The van der Waals surface area contributed by atoms with Crippen LogP contribution in [0.4, 0.5) is 5.82 Å². The number of hydrogen-bond donors (Lipinski definition) is 2. The SMILES string of the molecule is C/C=C(\SC1=CCCNCC1)c1cnc(N)c(-c2nnnn2-c2cc(Cl)cc(CI)c2)c1. The Labute approximate surface area is 210 Å². The monoisotopic (exact) mass is 579 g/mol. The van der Waals surface area contributed by atoms with Crippen LogP contribution in [-0.2, 0) is 4.43 Å². The van der Waals surface area contributed by atoms with Crippen molar-refractivity contribution >= 4 is 56.7 Å². The summed E-state index contributed by atoms with van der Waals surface area (Å²) in [5.41, 5.74) is 9.80. The summed E-state index contributed by atoms with van der Waals surface area (Å²) in [6, 6.07) is 7.80. The molecular formula is C22H23ClIN7S. The number of aromatic nitrogens is 5. The lowest BCUT2D eigenvalue weighted by molar-refractivity contribution is 0.715. The zero-order valence-electron chi connectivity index (χ0n) is 17.6. The molecule has 2 aromatic heterocycles. The van der Waals surface area contributed by atoms with E-state index in [4.69, 9.17) is 17.3 Å². The lowest BCUT2D eigenvalue weighted by atomic mass is 10.1. The number of nitrogen functional groups attached to an aromatic ring is 1. The third kappa shape index (κ3) is 5.33. The van der Waals surface area contributed by atoms with Gasteiger partial charge in [-0.3, -0.25) is 0 Å². The van der Waals surface area contributed by atoms with E-state index >= 15 is 0 Å². The Morgan fingerprint density at radius 1 is 1.31 bits per heavy atom. The molecule has 7 nitrogen and oxygen atoms in total. The summed E-state index contributed by atoms with van der Waals surface area (Å²) in [6.07, 6.45) is 8.28. The molecule has 3 heterocycles. The van der Waals surface area contributed by atoms with Gasteiger partial charge in [0.25, 0.3) is 0 Å². The minimum absolute atomic E-state index is 0.374. The van der Waals surface area contributed by atoms with Gasteiger partial charge in [0, 0.05) is 26.1 Å². The molecule has 0 saturated heterocycles. The normalized spacial score (nSPS) is 14.8. The van der Waals surface area contributed by atoms with Crippen molar-refractivity contribution in [2.75, 3.05) is 18.8 Å². The zero-order chi connectivity index (χ0) is 22.5. The van der Waals surface area contributed by atoms with E-state index in [2.05, 4.69) is 60.6 Å². The van der Waals surface area contributed by atoms with Crippen LogP contribution in [-0.4, -0.2) is 38.3 Å². The van der Waals surface area contributed by atoms with Crippen molar-refractivity contribution in [1.82, 2.24) is 30.5 Å². The Morgan fingerprint density at radius 3 is 3.00 bits per heavy atom. The highest BCUT2D eigenvalue weighted by Crippen LogP contribution is 2.37. The highest BCUT2D eigenvalue weighted by Gasteiger charge is 2.18. The van der Waals surface area contributed by atoms with Gasteiger partial charge < -0.3 is 11.1 Å². The summed E-state index contributed by atoms with van der Waals surface area (Å²) in [4.78, 5) is 6.94. The number of pyridine rings is 1. The van der Waals surface area contributed by atoms with Crippen LogP contribution in [0.2, 0.25) is 5.02 Å². The van der Waals surface area contributed by atoms with Gasteiger partial charge in [0.05, 0.1) is 11.3 Å². The van der Waals surface area contributed by atoms with Gasteiger partial charge in [0.15, 0.2) is 5.82 Å². The number of alkyl halides is 1. The van der Waals surface area contributed by atoms with Crippen LogP contribution in [0.1, 0.15) is 30.9 Å². The van der Waals surface area contributed by atoms with Crippen LogP contribution in [0, 0.1) is 0 Å². The van der Waals surface area contributed by atoms with Crippen molar-refractivity contribution in [1.29, 1.82) is 0 Å². The third-order valence-electron chi connectivity index (χ3n) is 5.00. The molecule has 10 heteroatoms. The smallest absolute Gasteiger partial charge is 0.190 e. The summed E-state index contributed by atoms with van der Waals surface area (Å²) in [5, 5.41) is 16.4. The first kappa shape index (κ1) is 23.2. The Hall–Kier alpha value is -1.95. The van der Waals surface area contributed by atoms with E-state index in [1.54, 1.807) is 22.6 Å². The molecule has 1 aromatic carbocycles.